The quantitative estimate of drug-likeness (QED) is 0.877. The molecule has 2 aromatic rings. The lowest BCUT2D eigenvalue weighted by atomic mass is 9.87. The normalized spacial score (nSPS) is 17.6. The number of aliphatic hydroxyl groups excluding tert-OH is 1. The van der Waals surface area contributed by atoms with Crippen molar-refractivity contribution in [2.24, 2.45) is 7.05 Å². The van der Waals surface area contributed by atoms with E-state index >= 15 is 0 Å². The molecule has 2 atom stereocenters. The maximum Gasteiger partial charge on any atom is 0.318 e. The van der Waals surface area contributed by atoms with Crippen molar-refractivity contribution in [3.8, 4) is 0 Å². The highest BCUT2D eigenvalue weighted by Crippen LogP contribution is 2.34. The summed E-state index contributed by atoms with van der Waals surface area (Å²) in [6.07, 6.45) is 6.68. The van der Waals surface area contributed by atoms with Gasteiger partial charge < -0.3 is 15.3 Å². The molecule has 25 heavy (non-hydrogen) atoms. The van der Waals surface area contributed by atoms with Gasteiger partial charge in [-0.05, 0) is 37.3 Å². The van der Waals surface area contributed by atoms with Gasteiger partial charge >= 0.3 is 6.03 Å². The predicted octanol–water partition coefficient (Wildman–Crippen LogP) is 2.56. The molecule has 3 rings (SSSR count). The number of carbonyl (C=O) groups is 1. The van der Waals surface area contributed by atoms with E-state index in [1.54, 1.807) is 15.8 Å². The van der Waals surface area contributed by atoms with E-state index in [-0.39, 0.29) is 24.7 Å². The van der Waals surface area contributed by atoms with Crippen LogP contribution in [0.25, 0.3) is 0 Å². The summed E-state index contributed by atoms with van der Waals surface area (Å²) in [5, 5.41) is 16.7. The second-order valence-corrected chi connectivity index (χ2v) is 6.64. The first kappa shape index (κ1) is 17.5. The van der Waals surface area contributed by atoms with Crippen molar-refractivity contribution < 1.29 is 9.90 Å². The van der Waals surface area contributed by atoms with E-state index in [0.717, 1.165) is 24.8 Å². The van der Waals surface area contributed by atoms with Crippen molar-refractivity contribution in [1.82, 2.24) is 20.0 Å². The molecule has 0 radical (unpaired) electrons. The molecule has 0 saturated heterocycles. The number of aromatic nitrogens is 2. The SMILES string of the molecule is CC(NC(=O)N(CCO)C1CCCc2ccccc21)c1cnn(C)c1. The summed E-state index contributed by atoms with van der Waals surface area (Å²) in [5.74, 6) is 0. The van der Waals surface area contributed by atoms with Crippen molar-refractivity contribution in [1.29, 1.82) is 0 Å². The Labute approximate surface area is 148 Å². The molecule has 2 amide bonds. The van der Waals surface area contributed by atoms with E-state index in [1.807, 2.05) is 32.3 Å². The molecule has 0 saturated carbocycles. The van der Waals surface area contributed by atoms with Crippen LogP contribution in [0.1, 0.15) is 48.5 Å². The summed E-state index contributed by atoms with van der Waals surface area (Å²) in [6.45, 7) is 2.22. The number of amides is 2. The molecule has 6 nitrogen and oxygen atoms in total. The smallest absolute Gasteiger partial charge is 0.318 e. The third-order valence-corrected chi connectivity index (χ3v) is 4.88. The minimum atomic E-state index is -0.146. The summed E-state index contributed by atoms with van der Waals surface area (Å²) in [6, 6.07) is 8.02. The largest absolute Gasteiger partial charge is 0.395 e. The molecule has 6 heteroatoms. The molecule has 0 bridgehead atoms. The Bertz CT molecular complexity index is 728. The van der Waals surface area contributed by atoms with Gasteiger partial charge in [0.2, 0.25) is 0 Å². The van der Waals surface area contributed by atoms with Gasteiger partial charge in [0.05, 0.1) is 24.9 Å². The highest BCUT2D eigenvalue weighted by molar-refractivity contribution is 5.75. The number of aryl methyl sites for hydroxylation is 2. The van der Waals surface area contributed by atoms with Gasteiger partial charge in [-0.15, -0.1) is 0 Å². The average Bonchev–Trinajstić information content (AvgIpc) is 3.06. The molecular formula is C19H26N4O2. The molecule has 1 aliphatic carbocycles. The molecule has 134 valence electrons. The van der Waals surface area contributed by atoms with Crippen LogP contribution in [0, 0.1) is 0 Å². The number of benzene rings is 1. The van der Waals surface area contributed by atoms with Gasteiger partial charge in [-0.3, -0.25) is 4.68 Å². The lowest BCUT2D eigenvalue weighted by Gasteiger charge is -2.36. The van der Waals surface area contributed by atoms with E-state index in [9.17, 15) is 9.90 Å². The van der Waals surface area contributed by atoms with E-state index in [2.05, 4.69) is 22.5 Å². The standard InChI is InChI=1S/C19H26N4O2/c1-14(16-12-20-22(2)13-16)21-19(25)23(10-11-24)18-9-5-7-15-6-3-4-8-17(15)18/h3-4,6,8,12-14,18,24H,5,7,9-11H2,1-2H3,(H,21,25). The summed E-state index contributed by atoms with van der Waals surface area (Å²) in [4.78, 5) is 14.7. The number of nitrogens with zero attached hydrogens (tertiary/aromatic N) is 3. The molecule has 0 aliphatic heterocycles. The maximum absolute atomic E-state index is 12.9. The summed E-state index contributed by atoms with van der Waals surface area (Å²) in [5.41, 5.74) is 3.46. The Kier molecular flexibility index (Phi) is 5.38. The highest BCUT2D eigenvalue weighted by atomic mass is 16.3. The van der Waals surface area contributed by atoms with Crippen LogP contribution in [-0.4, -0.2) is 39.0 Å². The van der Waals surface area contributed by atoms with Crippen LogP contribution >= 0.6 is 0 Å². The molecule has 1 aromatic carbocycles. The summed E-state index contributed by atoms with van der Waals surface area (Å²) in [7, 11) is 1.86. The molecule has 1 aliphatic rings. The Morgan fingerprint density at radius 3 is 3.00 bits per heavy atom. The second-order valence-electron chi connectivity index (χ2n) is 6.64. The molecule has 0 spiro atoms. The zero-order chi connectivity index (χ0) is 17.8. The lowest BCUT2D eigenvalue weighted by Crippen LogP contribution is -2.45. The van der Waals surface area contributed by atoms with E-state index in [0.29, 0.717) is 6.54 Å². The number of aliphatic hydroxyl groups is 1. The topological polar surface area (TPSA) is 70.4 Å². The molecule has 2 unspecified atom stereocenters. The van der Waals surface area contributed by atoms with Crippen molar-refractivity contribution >= 4 is 6.03 Å². The number of hydrogen-bond donors (Lipinski definition) is 2. The average molecular weight is 342 g/mol. The van der Waals surface area contributed by atoms with Gasteiger partial charge in [-0.2, -0.15) is 5.10 Å². The van der Waals surface area contributed by atoms with Crippen LogP contribution in [0.15, 0.2) is 36.7 Å². The second kappa shape index (κ2) is 7.70. The Morgan fingerprint density at radius 1 is 1.48 bits per heavy atom. The molecule has 1 aromatic heterocycles. The fraction of sp³-hybridized carbons (Fsp3) is 0.474. The van der Waals surface area contributed by atoms with Crippen LogP contribution in [0.5, 0.6) is 0 Å². The first-order valence-electron chi connectivity index (χ1n) is 8.84. The minimum absolute atomic E-state index is 0.0122. The number of carbonyl (C=O) groups excluding carboxylic acids is 1. The van der Waals surface area contributed by atoms with Crippen LogP contribution in [0.4, 0.5) is 4.79 Å². The monoisotopic (exact) mass is 342 g/mol. The van der Waals surface area contributed by atoms with Crippen molar-refractivity contribution in [2.45, 2.75) is 38.3 Å². The van der Waals surface area contributed by atoms with Crippen LogP contribution in [0.3, 0.4) is 0 Å². The molecule has 0 fully saturated rings. The van der Waals surface area contributed by atoms with Gasteiger partial charge in [-0.25, -0.2) is 4.79 Å². The van der Waals surface area contributed by atoms with Crippen LogP contribution in [0.2, 0.25) is 0 Å². The molecular weight excluding hydrogens is 316 g/mol. The van der Waals surface area contributed by atoms with Gasteiger partial charge in [0.25, 0.3) is 0 Å². The van der Waals surface area contributed by atoms with Gasteiger partial charge in [0.15, 0.2) is 0 Å². The van der Waals surface area contributed by atoms with E-state index < -0.39 is 0 Å². The van der Waals surface area contributed by atoms with Gasteiger partial charge in [-0.1, -0.05) is 24.3 Å². The number of rotatable bonds is 5. The Hall–Kier alpha value is -2.34. The van der Waals surface area contributed by atoms with Crippen molar-refractivity contribution in [3.05, 3.63) is 53.3 Å². The lowest BCUT2D eigenvalue weighted by molar-refractivity contribution is 0.142. The Balaban J connectivity index is 1.78. The third-order valence-electron chi connectivity index (χ3n) is 4.88. The van der Waals surface area contributed by atoms with Crippen molar-refractivity contribution in [2.75, 3.05) is 13.2 Å². The highest BCUT2D eigenvalue weighted by Gasteiger charge is 2.29. The molecule has 1 heterocycles. The third kappa shape index (κ3) is 3.85. The van der Waals surface area contributed by atoms with Crippen LogP contribution in [-0.2, 0) is 13.5 Å². The molecule has 2 N–H and O–H groups in total. The minimum Gasteiger partial charge on any atom is -0.395 e. The first-order chi connectivity index (χ1) is 12.1. The predicted molar refractivity (Wildman–Crippen MR) is 96.1 cm³/mol. The summed E-state index contributed by atoms with van der Waals surface area (Å²) >= 11 is 0. The zero-order valence-corrected chi connectivity index (χ0v) is 14.9. The first-order valence-corrected chi connectivity index (χ1v) is 8.84. The number of urea groups is 1. The fourth-order valence-electron chi connectivity index (χ4n) is 3.57. The zero-order valence-electron chi connectivity index (χ0n) is 14.9. The number of hydrogen-bond acceptors (Lipinski definition) is 3. The number of nitrogens with one attached hydrogen (secondary N) is 1. The number of fused-ring (bicyclic) bond motifs is 1. The van der Waals surface area contributed by atoms with Crippen molar-refractivity contribution in [3.63, 3.8) is 0 Å². The van der Waals surface area contributed by atoms with E-state index in [1.165, 1.54) is 11.1 Å². The van der Waals surface area contributed by atoms with Crippen LogP contribution < -0.4 is 5.32 Å². The Morgan fingerprint density at radius 2 is 2.28 bits per heavy atom. The van der Waals surface area contributed by atoms with E-state index in [4.69, 9.17) is 0 Å². The van der Waals surface area contributed by atoms with Gasteiger partial charge in [0, 0.05) is 25.4 Å². The fourth-order valence-corrected chi connectivity index (χ4v) is 3.57. The maximum atomic E-state index is 12.9. The van der Waals surface area contributed by atoms with Gasteiger partial charge in [0.1, 0.15) is 0 Å². The summed E-state index contributed by atoms with van der Waals surface area (Å²) < 4.78 is 1.72.